The van der Waals surface area contributed by atoms with E-state index in [1.807, 2.05) is 6.92 Å². The third-order valence-corrected chi connectivity index (χ3v) is 6.57. The number of ether oxygens (including phenoxy) is 1. The molecule has 0 radical (unpaired) electrons. The molecule has 0 aromatic carbocycles. The molecule has 0 bridgehead atoms. The van der Waals surface area contributed by atoms with Crippen LogP contribution in [0, 0.1) is 0 Å². The van der Waals surface area contributed by atoms with Crippen LogP contribution >= 0.6 is 0 Å². The fourth-order valence-electron chi connectivity index (χ4n) is 2.52. The maximum absolute atomic E-state index is 9.86. The molecule has 2 nitrogen and oxygen atoms in total. The maximum Gasteiger partial charge on any atom is 0.109 e. The summed E-state index contributed by atoms with van der Waals surface area (Å²) in [6, 6.07) is 0. The number of aliphatic hydroxyl groups is 1. The Balaban J connectivity index is 2.62. The van der Waals surface area contributed by atoms with Crippen molar-refractivity contribution in [2.75, 3.05) is 0 Å². The molecular formula is C11H24O2Si. The quantitative estimate of drug-likeness (QED) is 0.566. The first kappa shape index (κ1) is 12.2. The number of hydrogen-bond acceptors (Lipinski definition) is 2. The highest BCUT2D eigenvalue weighted by molar-refractivity contribution is 6.80. The minimum atomic E-state index is -1.42. The van der Waals surface area contributed by atoms with Crippen molar-refractivity contribution in [2.24, 2.45) is 0 Å². The highest BCUT2D eigenvalue weighted by Crippen LogP contribution is 2.49. The number of epoxide rings is 1. The number of unbranched alkanes of at least 4 members (excludes halogenated alkanes) is 1. The van der Waals surface area contributed by atoms with Gasteiger partial charge in [0.25, 0.3) is 0 Å². The fraction of sp³-hybridized carbons (Fsp3) is 1.00. The van der Waals surface area contributed by atoms with Crippen LogP contribution in [-0.2, 0) is 4.74 Å². The van der Waals surface area contributed by atoms with Gasteiger partial charge in [-0.1, -0.05) is 39.4 Å². The van der Waals surface area contributed by atoms with Gasteiger partial charge in [0.2, 0.25) is 0 Å². The normalized spacial score (nSPS) is 34.3. The number of hydrogen-bond donors (Lipinski definition) is 1. The van der Waals surface area contributed by atoms with Crippen molar-refractivity contribution in [1.29, 1.82) is 0 Å². The number of rotatable bonds is 5. The molecule has 1 saturated heterocycles. The van der Waals surface area contributed by atoms with Crippen LogP contribution in [0.3, 0.4) is 0 Å². The molecule has 0 amide bonds. The van der Waals surface area contributed by atoms with Crippen LogP contribution in [0.15, 0.2) is 0 Å². The lowest BCUT2D eigenvalue weighted by Gasteiger charge is -2.29. The molecule has 0 aromatic rings. The van der Waals surface area contributed by atoms with Gasteiger partial charge in [0.05, 0.1) is 20.3 Å². The lowest BCUT2D eigenvalue weighted by atomic mass is 10.1. The Kier molecular flexibility index (Phi) is 3.44. The van der Waals surface area contributed by atoms with Crippen molar-refractivity contribution in [3.63, 3.8) is 0 Å². The number of aliphatic hydroxyl groups excluding tert-OH is 1. The van der Waals surface area contributed by atoms with Crippen LogP contribution < -0.4 is 0 Å². The van der Waals surface area contributed by atoms with E-state index >= 15 is 0 Å². The van der Waals surface area contributed by atoms with Gasteiger partial charge in [0.1, 0.15) is 5.22 Å². The van der Waals surface area contributed by atoms with Gasteiger partial charge in [0.15, 0.2) is 0 Å². The summed E-state index contributed by atoms with van der Waals surface area (Å²) in [7, 11) is -1.42. The molecule has 3 heteroatoms. The van der Waals surface area contributed by atoms with Gasteiger partial charge >= 0.3 is 0 Å². The Hall–Kier alpha value is 0.137. The lowest BCUT2D eigenvalue weighted by molar-refractivity contribution is 0.127. The van der Waals surface area contributed by atoms with Crippen molar-refractivity contribution in [3.8, 4) is 0 Å². The molecule has 1 rings (SSSR count). The second kappa shape index (κ2) is 3.95. The van der Waals surface area contributed by atoms with Gasteiger partial charge in [-0.15, -0.1) is 0 Å². The van der Waals surface area contributed by atoms with Gasteiger partial charge in [-0.3, -0.25) is 0 Å². The van der Waals surface area contributed by atoms with E-state index in [0.717, 1.165) is 6.42 Å². The van der Waals surface area contributed by atoms with E-state index in [-0.39, 0.29) is 11.3 Å². The van der Waals surface area contributed by atoms with E-state index in [2.05, 4.69) is 26.6 Å². The predicted molar refractivity (Wildman–Crippen MR) is 62.2 cm³/mol. The molecule has 1 aliphatic rings. The third-order valence-electron chi connectivity index (χ3n) is 3.37. The van der Waals surface area contributed by atoms with Crippen LogP contribution in [0.2, 0.25) is 19.6 Å². The largest absolute Gasteiger partial charge is 0.391 e. The first-order valence-corrected chi connectivity index (χ1v) is 9.22. The topological polar surface area (TPSA) is 32.8 Å². The molecular weight excluding hydrogens is 192 g/mol. The first-order chi connectivity index (χ1) is 6.36. The zero-order chi connectivity index (χ0) is 11.0. The summed E-state index contributed by atoms with van der Waals surface area (Å²) >= 11 is 0. The molecule has 0 saturated carbocycles. The van der Waals surface area contributed by atoms with Crippen LogP contribution in [-0.4, -0.2) is 30.6 Å². The van der Waals surface area contributed by atoms with E-state index in [4.69, 9.17) is 4.74 Å². The maximum atomic E-state index is 9.86. The second-order valence-electron chi connectivity index (χ2n) is 5.47. The molecule has 0 spiro atoms. The van der Waals surface area contributed by atoms with Crippen molar-refractivity contribution in [1.82, 2.24) is 0 Å². The monoisotopic (exact) mass is 216 g/mol. The van der Waals surface area contributed by atoms with E-state index in [9.17, 15) is 5.11 Å². The summed E-state index contributed by atoms with van der Waals surface area (Å²) in [5.74, 6) is 0. The fourth-order valence-corrected chi connectivity index (χ4v) is 5.38. The predicted octanol–water partition coefficient (Wildman–Crippen LogP) is 2.57. The van der Waals surface area contributed by atoms with Gasteiger partial charge in [-0.25, -0.2) is 0 Å². The highest BCUT2D eigenvalue weighted by Gasteiger charge is 2.66. The Morgan fingerprint density at radius 2 is 2.00 bits per heavy atom. The summed E-state index contributed by atoms with van der Waals surface area (Å²) < 4.78 is 5.84. The Morgan fingerprint density at radius 1 is 1.43 bits per heavy atom. The van der Waals surface area contributed by atoms with E-state index in [1.165, 1.54) is 12.8 Å². The van der Waals surface area contributed by atoms with Crippen molar-refractivity contribution < 1.29 is 9.84 Å². The molecule has 14 heavy (non-hydrogen) atoms. The highest BCUT2D eigenvalue weighted by atomic mass is 28.3. The van der Waals surface area contributed by atoms with Crippen LogP contribution in [0.1, 0.15) is 33.1 Å². The van der Waals surface area contributed by atoms with Gasteiger partial charge in [0, 0.05) is 0 Å². The molecule has 3 atom stereocenters. The summed E-state index contributed by atoms with van der Waals surface area (Å²) in [4.78, 5) is 0. The molecule has 1 aliphatic heterocycles. The Morgan fingerprint density at radius 3 is 2.29 bits per heavy atom. The average molecular weight is 216 g/mol. The molecule has 1 N–H and O–H groups in total. The summed E-state index contributed by atoms with van der Waals surface area (Å²) in [6.45, 7) is 10.9. The zero-order valence-corrected chi connectivity index (χ0v) is 11.1. The molecule has 0 aliphatic carbocycles. The average Bonchev–Trinajstić information content (AvgIpc) is 2.74. The van der Waals surface area contributed by atoms with E-state index in [1.54, 1.807) is 0 Å². The molecule has 0 unspecified atom stereocenters. The summed E-state index contributed by atoms with van der Waals surface area (Å²) in [5, 5.41) is 9.71. The third kappa shape index (κ3) is 1.90. The Bertz CT molecular complexity index is 198. The summed E-state index contributed by atoms with van der Waals surface area (Å²) in [6.07, 6.45) is 3.56. The van der Waals surface area contributed by atoms with Crippen molar-refractivity contribution in [2.45, 2.75) is 70.2 Å². The minimum absolute atomic E-state index is 0.151. The molecule has 0 aromatic heterocycles. The second-order valence-corrected chi connectivity index (χ2v) is 10.7. The van der Waals surface area contributed by atoms with Gasteiger partial charge in [-0.05, 0) is 13.3 Å². The molecule has 1 fully saturated rings. The van der Waals surface area contributed by atoms with Crippen molar-refractivity contribution in [3.05, 3.63) is 0 Å². The van der Waals surface area contributed by atoms with E-state index in [0.29, 0.717) is 6.10 Å². The zero-order valence-electron chi connectivity index (χ0n) is 10.1. The van der Waals surface area contributed by atoms with Gasteiger partial charge < -0.3 is 9.84 Å². The van der Waals surface area contributed by atoms with Crippen molar-refractivity contribution >= 4 is 8.07 Å². The molecule has 84 valence electrons. The SMILES string of the molecule is CCCC[C@H]1O[C@@]1([C@H](C)O)[Si](C)(C)C. The van der Waals surface area contributed by atoms with Gasteiger partial charge in [-0.2, -0.15) is 0 Å². The van der Waals surface area contributed by atoms with Crippen LogP contribution in [0.25, 0.3) is 0 Å². The summed E-state index contributed by atoms with van der Waals surface area (Å²) in [5.41, 5.74) is 0. The first-order valence-electron chi connectivity index (χ1n) is 5.72. The minimum Gasteiger partial charge on any atom is -0.391 e. The standard InChI is InChI=1S/C11H24O2Si/c1-6-7-8-10-11(13-10,9(2)12)14(3,4)5/h9-10,12H,6-8H2,1-5H3/t9-,10+,11-/m0/s1. The lowest BCUT2D eigenvalue weighted by Crippen LogP contribution is -2.51. The van der Waals surface area contributed by atoms with Crippen LogP contribution in [0.4, 0.5) is 0 Å². The molecule has 1 heterocycles. The Labute approximate surface area is 88.7 Å². The van der Waals surface area contributed by atoms with Crippen LogP contribution in [0.5, 0.6) is 0 Å². The van der Waals surface area contributed by atoms with E-state index < -0.39 is 8.07 Å². The smallest absolute Gasteiger partial charge is 0.109 e.